The molecule has 0 fully saturated rings. The fourth-order valence-electron chi connectivity index (χ4n) is 2.41. The normalized spacial score (nSPS) is 18.4. The number of aryl methyl sites for hydroxylation is 1. The average molecular weight is 294 g/mol. The number of benzene rings is 1. The predicted octanol–water partition coefficient (Wildman–Crippen LogP) is 3.78. The molecule has 1 N–H and O–H groups in total. The van der Waals surface area contributed by atoms with E-state index in [0.717, 1.165) is 36.2 Å². The van der Waals surface area contributed by atoms with Crippen LogP contribution in [0.5, 0.6) is 0 Å². The number of thioether (sulfide) groups is 1. The first kappa shape index (κ1) is 15.4. The molecule has 1 atom stereocenters. The molecule has 0 aromatic heterocycles. The van der Waals surface area contributed by atoms with E-state index in [2.05, 4.69) is 24.2 Å². The van der Waals surface area contributed by atoms with Gasteiger partial charge < -0.3 is 5.32 Å². The topological polar surface area (TPSA) is 24.4 Å². The number of nitrogens with one attached hydrogen (secondary N) is 1. The summed E-state index contributed by atoms with van der Waals surface area (Å²) in [6.07, 6.45) is 2.12. The number of halogens is 1. The molecule has 0 saturated carbocycles. The van der Waals surface area contributed by atoms with E-state index in [1.165, 1.54) is 18.1 Å². The van der Waals surface area contributed by atoms with Crippen molar-refractivity contribution in [1.82, 2.24) is 5.32 Å². The molecule has 0 bridgehead atoms. The first-order valence-electron chi connectivity index (χ1n) is 7.24. The molecular formula is C16H23FN2S. The second-order valence-electron chi connectivity index (χ2n) is 5.76. The fourth-order valence-corrected chi connectivity index (χ4v) is 3.69. The number of hydrogen-bond donors (Lipinski definition) is 1. The van der Waals surface area contributed by atoms with Gasteiger partial charge in [-0.1, -0.05) is 31.7 Å². The maximum atomic E-state index is 13.0. The molecule has 2 nitrogen and oxygen atoms in total. The Hall–Kier alpha value is -1.03. The molecule has 1 aliphatic heterocycles. The lowest BCUT2D eigenvalue weighted by Crippen LogP contribution is -2.22. The van der Waals surface area contributed by atoms with E-state index >= 15 is 0 Å². The lowest BCUT2D eigenvalue weighted by atomic mass is 10.1. The van der Waals surface area contributed by atoms with Crippen molar-refractivity contribution in [1.29, 1.82) is 0 Å². The second kappa shape index (κ2) is 7.11. The van der Waals surface area contributed by atoms with Crippen LogP contribution in [-0.4, -0.2) is 23.5 Å². The zero-order valence-corrected chi connectivity index (χ0v) is 13.3. The number of nitrogens with zero attached hydrogens (tertiary/aromatic N) is 1. The van der Waals surface area contributed by atoms with Crippen molar-refractivity contribution in [3.8, 4) is 0 Å². The highest BCUT2D eigenvalue weighted by atomic mass is 32.2. The molecule has 20 heavy (non-hydrogen) atoms. The van der Waals surface area contributed by atoms with E-state index in [0.29, 0.717) is 5.25 Å². The van der Waals surface area contributed by atoms with Crippen molar-refractivity contribution >= 4 is 16.9 Å². The summed E-state index contributed by atoms with van der Waals surface area (Å²) < 4.78 is 13.0. The van der Waals surface area contributed by atoms with Crippen molar-refractivity contribution in [2.24, 2.45) is 10.9 Å². The molecule has 1 heterocycles. The van der Waals surface area contributed by atoms with E-state index in [9.17, 15) is 4.39 Å². The van der Waals surface area contributed by atoms with Crippen molar-refractivity contribution in [3.05, 3.63) is 35.1 Å². The van der Waals surface area contributed by atoms with Gasteiger partial charge in [0.15, 0.2) is 5.17 Å². The largest absolute Gasteiger partial charge is 0.365 e. The molecule has 0 spiro atoms. The van der Waals surface area contributed by atoms with Crippen molar-refractivity contribution < 1.29 is 4.39 Å². The van der Waals surface area contributed by atoms with Gasteiger partial charge in [-0.3, -0.25) is 4.99 Å². The summed E-state index contributed by atoms with van der Waals surface area (Å²) in [6.45, 7) is 8.25. The molecule has 1 aromatic rings. The first-order chi connectivity index (χ1) is 9.54. The Balaban J connectivity index is 1.74. The van der Waals surface area contributed by atoms with E-state index < -0.39 is 0 Å². The fraction of sp³-hybridized carbons (Fsp3) is 0.562. The van der Waals surface area contributed by atoms with Gasteiger partial charge in [0.1, 0.15) is 5.82 Å². The number of hydrogen-bond acceptors (Lipinski definition) is 3. The van der Waals surface area contributed by atoms with E-state index in [-0.39, 0.29) is 5.82 Å². The minimum atomic E-state index is -0.161. The molecule has 2 rings (SSSR count). The summed E-state index contributed by atoms with van der Waals surface area (Å²) >= 11 is 1.86. The van der Waals surface area contributed by atoms with Crippen LogP contribution in [-0.2, 0) is 6.42 Å². The van der Waals surface area contributed by atoms with E-state index in [4.69, 9.17) is 0 Å². The Kier molecular flexibility index (Phi) is 5.46. The minimum Gasteiger partial charge on any atom is -0.365 e. The Morgan fingerprint density at radius 1 is 1.45 bits per heavy atom. The predicted molar refractivity (Wildman–Crippen MR) is 86.0 cm³/mol. The van der Waals surface area contributed by atoms with Crippen LogP contribution in [0.3, 0.4) is 0 Å². The summed E-state index contributed by atoms with van der Waals surface area (Å²) in [7, 11) is 0. The summed E-state index contributed by atoms with van der Waals surface area (Å²) in [5.74, 6) is 0.565. The van der Waals surface area contributed by atoms with Crippen molar-refractivity contribution in [2.75, 3.05) is 13.1 Å². The molecule has 4 heteroatoms. The zero-order chi connectivity index (χ0) is 14.5. The van der Waals surface area contributed by atoms with Gasteiger partial charge in [-0.05, 0) is 48.9 Å². The summed E-state index contributed by atoms with van der Waals surface area (Å²) in [6, 6.07) is 5.00. The number of amidine groups is 1. The van der Waals surface area contributed by atoms with Crippen LogP contribution in [0.25, 0.3) is 0 Å². The van der Waals surface area contributed by atoms with Crippen molar-refractivity contribution in [3.63, 3.8) is 0 Å². The van der Waals surface area contributed by atoms with Crippen LogP contribution in [0.15, 0.2) is 23.2 Å². The molecule has 0 saturated heterocycles. The molecule has 1 aliphatic rings. The maximum absolute atomic E-state index is 13.0. The van der Waals surface area contributed by atoms with E-state index in [1.807, 2.05) is 24.8 Å². The van der Waals surface area contributed by atoms with Gasteiger partial charge >= 0.3 is 0 Å². The summed E-state index contributed by atoms with van der Waals surface area (Å²) in [4.78, 5) is 4.55. The van der Waals surface area contributed by atoms with Crippen LogP contribution in [0, 0.1) is 18.7 Å². The Labute approximate surface area is 125 Å². The standard InChI is InChI=1S/C16H23FN2S/c1-11(2)8-15-10-19-16(20-15)18-7-6-13-4-5-14(17)9-12(13)3/h4-5,9,11,15H,6-8,10H2,1-3H3,(H,18,19). The van der Waals surface area contributed by atoms with Gasteiger partial charge in [0, 0.05) is 11.8 Å². The Morgan fingerprint density at radius 3 is 2.95 bits per heavy atom. The Bertz CT molecular complexity index is 485. The van der Waals surface area contributed by atoms with Crippen LogP contribution in [0.2, 0.25) is 0 Å². The molecule has 1 aromatic carbocycles. The quantitative estimate of drug-likeness (QED) is 0.893. The summed E-state index contributed by atoms with van der Waals surface area (Å²) in [5, 5.41) is 5.09. The van der Waals surface area contributed by atoms with Gasteiger partial charge in [0.05, 0.1) is 6.54 Å². The zero-order valence-electron chi connectivity index (χ0n) is 12.4. The molecule has 0 amide bonds. The van der Waals surface area contributed by atoms with Gasteiger partial charge in [-0.15, -0.1) is 0 Å². The lowest BCUT2D eigenvalue weighted by molar-refractivity contribution is 0.575. The van der Waals surface area contributed by atoms with Gasteiger partial charge in [-0.25, -0.2) is 4.39 Å². The smallest absolute Gasteiger partial charge is 0.156 e. The monoisotopic (exact) mass is 294 g/mol. The summed E-state index contributed by atoms with van der Waals surface area (Å²) in [5.41, 5.74) is 2.21. The van der Waals surface area contributed by atoms with Crippen LogP contribution >= 0.6 is 11.8 Å². The third-order valence-electron chi connectivity index (χ3n) is 3.43. The molecule has 0 aliphatic carbocycles. The van der Waals surface area contributed by atoms with Crippen molar-refractivity contribution in [2.45, 2.75) is 38.9 Å². The first-order valence-corrected chi connectivity index (χ1v) is 8.12. The number of aliphatic imine (C=N–C) groups is 1. The van der Waals surface area contributed by atoms with Gasteiger partial charge in [0.2, 0.25) is 0 Å². The van der Waals surface area contributed by atoms with Crippen LogP contribution in [0.1, 0.15) is 31.4 Å². The maximum Gasteiger partial charge on any atom is 0.156 e. The molecule has 110 valence electrons. The number of rotatable bonds is 5. The molecule has 0 radical (unpaired) electrons. The highest BCUT2D eigenvalue weighted by Crippen LogP contribution is 2.25. The Morgan fingerprint density at radius 2 is 2.25 bits per heavy atom. The van der Waals surface area contributed by atoms with Gasteiger partial charge in [-0.2, -0.15) is 0 Å². The minimum absolute atomic E-state index is 0.161. The highest BCUT2D eigenvalue weighted by Gasteiger charge is 2.20. The average Bonchev–Trinajstić information content (AvgIpc) is 2.79. The lowest BCUT2D eigenvalue weighted by Gasteiger charge is -2.11. The molecule has 1 unspecified atom stereocenters. The third kappa shape index (κ3) is 4.51. The highest BCUT2D eigenvalue weighted by molar-refractivity contribution is 8.14. The van der Waals surface area contributed by atoms with Crippen LogP contribution in [0.4, 0.5) is 4.39 Å². The van der Waals surface area contributed by atoms with Crippen LogP contribution < -0.4 is 5.32 Å². The SMILES string of the molecule is Cc1cc(F)ccc1CCNC1=NCC(CC(C)C)S1. The molecular weight excluding hydrogens is 271 g/mol. The third-order valence-corrected chi connectivity index (χ3v) is 4.60. The second-order valence-corrected chi connectivity index (χ2v) is 7.05. The van der Waals surface area contributed by atoms with Gasteiger partial charge in [0.25, 0.3) is 0 Å². The van der Waals surface area contributed by atoms with E-state index in [1.54, 1.807) is 6.07 Å².